The second-order valence-electron chi connectivity index (χ2n) is 5.58. The normalized spacial score (nSPS) is 44.1. The molecular formula is C13H23N. The van der Waals surface area contributed by atoms with Crippen LogP contribution in [0.4, 0.5) is 0 Å². The molecule has 0 aromatic rings. The zero-order valence-electron chi connectivity index (χ0n) is 9.25. The lowest BCUT2D eigenvalue weighted by Crippen LogP contribution is -2.53. The van der Waals surface area contributed by atoms with Crippen molar-refractivity contribution in [2.75, 3.05) is 6.54 Å². The highest BCUT2D eigenvalue weighted by molar-refractivity contribution is 4.93. The summed E-state index contributed by atoms with van der Waals surface area (Å²) in [6.45, 7) is 1.42. The van der Waals surface area contributed by atoms with Crippen molar-refractivity contribution >= 4 is 0 Å². The van der Waals surface area contributed by atoms with Gasteiger partial charge in [-0.1, -0.05) is 19.3 Å². The van der Waals surface area contributed by atoms with Gasteiger partial charge in [0.05, 0.1) is 0 Å². The first kappa shape index (κ1) is 9.21. The van der Waals surface area contributed by atoms with Crippen molar-refractivity contribution in [1.29, 1.82) is 0 Å². The van der Waals surface area contributed by atoms with Gasteiger partial charge < -0.3 is 0 Å². The first-order valence-corrected chi connectivity index (χ1v) is 6.71. The third-order valence-electron chi connectivity index (χ3n) is 4.84. The Morgan fingerprint density at radius 3 is 2.57 bits per heavy atom. The van der Waals surface area contributed by atoms with Crippen LogP contribution in [0.25, 0.3) is 0 Å². The van der Waals surface area contributed by atoms with Crippen LogP contribution in [-0.2, 0) is 0 Å². The quantitative estimate of drug-likeness (QED) is 0.571. The van der Waals surface area contributed by atoms with Crippen LogP contribution < -0.4 is 0 Å². The van der Waals surface area contributed by atoms with Crippen molar-refractivity contribution in [2.24, 2.45) is 5.92 Å². The molecule has 2 heterocycles. The number of fused-ring (bicyclic) bond motifs is 3. The Bertz CT molecular complexity index is 179. The molecular weight excluding hydrogens is 170 g/mol. The van der Waals surface area contributed by atoms with E-state index >= 15 is 0 Å². The van der Waals surface area contributed by atoms with Crippen LogP contribution in [0, 0.1) is 5.92 Å². The van der Waals surface area contributed by atoms with Crippen LogP contribution in [0.2, 0.25) is 0 Å². The SMILES string of the molecule is C1CC[C@@H]2[C@@H](C1)CC[C@@H]1CCCCN12. The summed E-state index contributed by atoms with van der Waals surface area (Å²) in [6.07, 6.45) is 13.6. The van der Waals surface area contributed by atoms with E-state index in [0.717, 1.165) is 18.0 Å². The third kappa shape index (κ3) is 1.50. The molecule has 0 aromatic heterocycles. The molecule has 0 aromatic carbocycles. The van der Waals surface area contributed by atoms with E-state index in [4.69, 9.17) is 0 Å². The maximum atomic E-state index is 2.90. The molecule has 3 fully saturated rings. The van der Waals surface area contributed by atoms with Gasteiger partial charge in [0.15, 0.2) is 0 Å². The van der Waals surface area contributed by atoms with Crippen molar-refractivity contribution in [1.82, 2.24) is 4.90 Å². The number of piperidine rings is 2. The summed E-state index contributed by atoms with van der Waals surface area (Å²) in [4.78, 5) is 2.90. The number of hydrogen-bond acceptors (Lipinski definition) is 1. The van der Waals surface area contributed by atoms with E-state index in [1.165, 1.54) is 57.9 Å². The van der Waals surface area contributed by atoms with Crippen molar-refractivity contribution < 1.29 is 0 Å². The minimum absolute atomic E-state index is 0.989. The minimum Gasteiger partial charge on any atom is -0.297 e. The monoisotopic (exact) mass is 193 g/mol. The Kier molecular flexibility index (Phi) is 2.53. The fourth-order valence-electron chi connectivity index (χ4n) is 4.14. The number of rotatable bonds is 0. The van der Waals surface area contributed by atoms with E-state index in [9.17, 15) is 0 Å². The molecule has 3 rings (SSSR count). The summed E-state index contributed by atoms with van der Waals surface area (Å²) < 4.78 is 0. The molecule has 2 saturated heterocycles. The zero-order chi connectivity index (χ0) is 9.38. The van der Waals surface area contributed by atoms with Gasteiger partial charge in [0.25, 0.3) is 0 Å². The van der Waals surface area contributed by atoms with E-state index in [-0.39, 0.29) is 0 Å². The van der Waals surface area contributed by atoms with E-state index in [1.807, 2.05) is 0 Å². The van der Waals surface area contributed by atoms with Crippen LogP contribution in [-0.4, -0.2) is 23.5 Å². The van der Waals surface area contributed by atoms with Gasteiger partial charge in [-0.2, -0.15) is 0 Å². The summed E-state index contributed by atoms with van der Waals surface area (Å²) >= 11 is 0. The maximum absolute atomic E-state index is 2.90. The average Bonchev–Trinajstić information content (AvgIpc) is 2.29. The van der Waals surface area contributed by atoms with Gasteiger partial charge in [-0.3, -0.25) is 4.90 Å². The van der Waals surface area contributed by atoms with Gasteiger partial charge in [0, 0.05) is 12.1 Å². The Hall–Kier alpha value is -0.0400. The minimum atomic E-state index is 0.989. The van der Waals surface area contributed by atoms with Crippen LogP contribution in [0.3, 0.4) is 0 Å². The van der Waals surface area contributed by atoms with Gasteiger partial charge >= 0.3 is 0 Å². The van der Waals surface area contributed by atoms with Crippen LogP contribution >= 0.6 is 0 Å². The van der Waals surface area contributed by atoms with Crippen molar-refractivity contribution in [3.63, 3.8) is 0 Å². The number of nitrogens with zero attached hydrogens (tertiary/aromatic N) is 1. The molecule has 1 aliphatic carbocycles. The smallest absolute Gasteiger partial charge is 0.0126 e. The Balaban J connectivity index is 1.74. The standard InChI is InChI=1S/C13H23N/c1-2-7-13-11(5-1)8-9-12-6-3-4-10-14(12)13/h11-13H,1-10H2/t11-,12-,13+/m0/s1. The second kappa shape index (κ2) is 3.84. The molecule has 2 aliphatic heterocycles. The van der Waals surface area contributed by atoms with E-state index in [1.54, 1.807) is 6.42 Å². The summed E-state index contributed by atoms with van der Waals surface area (Å²) in [5.41, 5.74) is 0. The summed E-state index contributed by atoms with van der Waals surface area (Å²) in [7, 11) is 0. The molecule has 1 nitrogen and oxygen atoms in total. The maximum Gasteiger partial charge on any atom is 0.0126 e. The first-order valence-electron chi connectivity index (χ1n) is 6.71. The molecule has 0 N–H and O–H groups in total. The van der Waals surface area contributed by atoms with Gasteiger partial charge in [0.1, 0.15) is 0 Å². The molecule has 0 bridgehead atoms. The van der Waals surface area contributed by atoms with Gasteiger partial charge in [-0.15, -0.1) is 0 Å². The van der Waals surface area contributed by atoms with E-state index < -0.39 is 0 Å². The van der Waals surface area contributed by atoms with Crippen molar-refractivity contribution in [3.8, 4) is 0 Å². The van der Waals surface area contributed by atoms with Crippen molar-refractivity contribution in [3.05, 3.63) is 0 Å². The highest BCUT2D eigenvalue weighted by Gasteiger charge is 2.38. The third-order valence-corrected chi connectivity index (χ3v) is 4.84. The van der Waals surface area contributed by atoms with Crippen LogP contribution in [0.15, 0.2) is 0 Å². The van der Waals surface area contributed by atoms with Gasteiger partial charge in [-0.25, -0.2) is 0 Å². The van der Waals surface area contributed by atoms with E-state index in [2.05, 4.69) is 4.90 Å². The molecule has 0 radical (unpaired) electrons. The summed E-state index contributed by atoms with van der Waals surface area (Å²) in [5.74, 6) is 1.08. The largest absolute Gasteiger partial charge is 0.297 e. The van der Waals surface area contributed by atoms with Crippen molar-refractivity contribution in [2.45, 2.75) is 69.9 Å². The lowest BCUT2D eigenvalue weighted by Gasteiger charge is -2.50. The number of hydrogen-bond donors (Lipinski definition) is 0. The van der Waals surface area contributed by atoms with E-state index in [0.29, 0.717) is 0 Å². The molecule has 80 valence electrons. The van der Waals surface area contributed by atoms with Gasteiger partial charge in [0.2, 0.25) is 0 Å². The molecule has 0 amide bonds. The highest BCUT2D eigenvalue weighted by atomic mass is 15.2. The molecule has 3 aliphatic rings. The lowest BCUT2D eigenvalue weighted by atomic mass is 9.74. The fourth-order valence-corrected chi connectivity index (χ4v) is 4.14. The molecule has 1 heteroatoms. The Morgan fingerprint density at radius 1 is 0.714 bits per heavy atom. The predicted octanol–water partition coefficient (Wildman–Crippen LogP) is 3.19. The Labute approximate surface area is 87.9 Å². The summed E-state index contributed by atoms with van der Waals surface area (Å²) in [6, 6.07) is 1.99. The van der Waals surface area contributed by atoms with Gasteiger partial charge in [-0.05, 0) is 51.0 Å². The average molecular weight is 193 g/mol. The molecule has 14 heavy (non-hydrogen) atoms. The fraction of sp³-hybridized carbons (Fsp3) is 1.00. The molecule has 0 unspecified atom stereocenters. The summed E-state index contributed by atoms with van der Waals surface area (Å²) in [5, 5.41) is 0. The molecule has 1 saturated carbocycles. The zero-order valence-corrected chi connectivity index (χ0v) is 9.25. The first-order chi connectivity index (χ1) is 6.95. The van der Waals surface area contributed by atoms with Crippen LogP contribution in [0.1, 0.15) is 57.8 Å². The second-order valence-corrected chi connectivity index (χ2v) is 5.58. The molecule has 0 spiro atoms. The lowest BCUT2D eigenvalue weighted by molar-refractivity contribution is -0.00527. The Morgan fingerprint density at radius 2 is 1.57 bits per heavy atom. The van der Waals surface area contributed by atoms with Crippen LogP contribution in [0.5, 0.6) is 0 Å². The predicted molar refractivity (Wildman–Crippen MR) is 59.3 cm³/mol. The highest BCUT2D eigenvalue weighted by Crippen LogP contribution is 2.40. The topological polar surface area (TPSA) is 3.24 Å². The molecule has 3 atom stereocenters.